The highest BCUT2D eigenvalue weighted by Crippen LogP contribution is 2.40. The minimum Gasteiger partial charge on any atom is -0.508 e. The summed E-state index contributed by atoms with van der Waals surface area (Å²) in [6.45, 7) is 4.80. The molecule has 0 unspecified atom stereocenters. The molecule has 0 fully saturated rings. The molecule has 6 rings (SSSR count). The van der Waals surface area contributed by atoms with Crippen LogP contribution in [0.25, 0.3) is 44.6 Å². The molecule has 0 atom stereocenters. The third kappa shape index (κ3) is 5.26. The van der Waals surface area contributed by atoms with Crippen LogP contribution >= 0.6 is 0 Å². The van der Waals surface area contributed by atoms with Crippen molar-refractivity contribution in [2.24, 2.45) is 0 Å². The van der Waals surface area contributed by atoms with Gasteiger partial charge in [-0.05, 0) is 73.9 Å². The topological polar surface area (TPSA) is 242 Å². The Hall–Kier alpha value is -6.50. The molecule has 2 aromatic heterocycles. The van der Waals surface area contributed by atoms with Crippen LogP contribution in [-0.2, 0) is 0 Å². The second kappa shape index (κ2) is 11.2. The number of aryl methyl sites for hydroxylation is 3. The van der Waals surface area contributed by atoms with E-state index >= 15 is 0 Å². The maximum atomic E-state index is 12.3. The Morgan fingerprint density at radius 2 is 0.870 bits per heavy atom. The van der Waals surface area contributed by atoms with Crippen molar-refractivity contribution in [3.05, 3.63) is 85.7 Å². The highest BCUT2D eigenvalue weighted by molar-refractivity contribution is 5.89. The SMILES string of the molecule is Cc1cc(-c2oc3cc(O)cc(O)c3c(=O)c2O)cc(O)c1O.Cc1cc(O)c2c(=O)c(O)c(-c3cc(C)c(O)c(O)c3)oc2c1. The predicted molar refractivity (Wildman–Crippen MR) is 165 cm³/mol. The van der Waals surface area contributed by atoms with Gasteiger partial charge in [0.05, 0.1) is 0 Å². The van der Waals surface area contributed by atoms with Crippen molar-refractivity contribution in [3.63, 3.8) is 0 Å². The monoisotopic (exact) mass is 630 g/mol. The molecule has 13 nitrogen and oxygen atoms in total. The van der Waals surface area contributed by atoms with Gasteiger partial charge in [0.2, 0.25) is 22.4 Å². The van der Waals surface area contributed by atoms with E-state index in [1.54, 1.807) is 19.9 Å². The second-order valence-corrected chi connectivity index (χ2v) is 10.5. The zero-order valence-corrected chi connectivity index (χ0v) is 24.3. The summed E-state index contributed by atoms with van der Waals surface area (Å²) >= 11 is 0. The fourth-order valence-corrected chi connectivity index (χ4v) is 4.87. The lowest BCUT2D eigenvalue weighted by molar-refractivity contribution is 0.401. The summed E-state index contributed by atoms with van der Waals surface area (Å²) in [7, 11) is 0. The lowest BCUT2D eigenvalue weighted by Crippen LogP contribution is -2.03. The lowest BCUT2D eigenvalue weighted by Gasteiger charge is -2.10. The number of hydrogen-bond acceptors (Lipinski definition) is 13. The van der Waals surface area contributed by atoms with Crippen LogP contribution in [0.4, 0.5) is 0 Å². The molecule has 0 bridgehead atoms. The van der Waals surface area contributed by atoms with Gasteiger partial charge in [0.1, 0.15) is 39.2 Å². The Morgan fingerprint density at radius 1 is 0.457 bits per heavy atom. The van der Waals surface area contributed by atoms with Gasteiger partial charge < -0.3 is 54.8 Å². The minimum absolute atomic E-state index is 0.114. The molecule has 0 saturated carbocycles. The molecule has 9 N–H and O–H groups in total. The van der Waals surface area contributed by atoms with Crippen molar-refractivity contribution in [2.45, 2.75) is 20.8 Å². The molecule has 0 radical (unpaired) electrons. The molecule has 0 amide bonds. The van der Waals surface area contributed by atoms with Crippen molar-refractivity contribution in [1.82, 2.24) is 0 Å². The van der Waals surface area contributed by atoms with Crippen LogP contribution in [0.3, 0.4) is 0 Å². The van der Waals surface area contributed by atoms with Gasteiger partial charge in [-0.2, -0.15) is 0 Å². The highest BCUT2D eigenvalue weighted by Gasteiger charge is 2.21. The van der Waals surface area contributed by atoms with Crippen molar-refractivity contribution in [1.29, 1.82) is 0 Å². The van der Waals surface area contributed by atoms with Gasteiger partial charge in [-0.1, -0.05) is 0 Å². The molecule has 0 saturated heterocycles. The number of hydrogen-bond donors (Lipinski definition) is 9. The van der Waals surface area contributed by atoms with Crippen LogP contribution in [0.15, 0.2) is 67.0 Å². The molecule has 46 heavy (non-hydrogen) atoms. The van der Waals surface area contributed by atoms with Crippen LogP contribution in [-0.4, -0.2) is 46.0 Å². The first-order chi connectivity index (χ1) is 21.6. The van der Waals surface area contributed by atoms with E-state index in [4.69, 9.17) is 8.83 Å². The van der Waals surface area contributed by atoms with E-state index in [1.807, 2.05) is 0 Å². The molecule has 236 valence electrons. The first-order valence-corrected chi connectivity index (χ1v) is 13.4. The highest BCUT2D eigenvalue weighted by atomic mass is 16.4. The van der Waals surface area contributed by atoms with E-state index in [9.17, 15) is 55.5 Å². The van der Waals surface area contributed by atoms with E-state index in [-0.39, 0.29) is 67.6 Å². The summed E-state index contributed by atoms with van der Waals surface area (Å²) in [5.41, 5.74) is 0.0473. The summed E-state index contributed by atoms with van der Waals surface area (Å²) < 4.78 is 11.0. The zero-order valence-electron chi connectivity index (χ0n) is 24.3. The van der Waals surface area contributed by atoms with Gasteiger partial charge in [-0.3, -0.25) is 9.59 Å². The predicted octanol–water partition coefficient (Wildman–Crippen LogP) is 5.20. The van der Waals surface area contributed by atoms with E-state index in [2.05, 4.69) is 0 Å². The smallest absolute Gasteiger partial charge is 0.238 e. The van der Waals surface area contributed by atoms with E-state index in [1.165, 1.54) is 31.2 Å². The molecule has 0 aliphatic rings. The van der Waals surface area contributed by atoms with Crippen LogP contribution < -0.4 is 10.9 Å². The van der Waals surface area contributed by atoms with E-state index < -0.39 is 39.6 Å². The van der Waals surface area contributed by atoms with Crippen molar-refractivity contribution < 1.29 is 54.8 Å². The summed E-state index contributed by atoms with van der Waals surface area (Å²) in [6, 6.07) is 10.2. The minimum atomic E-state index is -0.885. The molecule has 6 aromatic rings. The summed E-state index contributed by atoms with van der Waals surface area (Å²) in [4.78, 5) is 24.5. The summed E-state index contributed by atoms with van der Waals surface area (Å²) in [6.07, 6.45) is 0. The normalized spacial score (nSPS) is 11.0. The van der Waals surface area contributed by atoms with Crippen molar-refractivity contribution >= 4 is 21.9 Å². The van der Waals surface area contributed by atoms with Crippen molar-refractivity contribution in [3.8, 4) is 74.4 Å². The van der Waals surface area contributed by atoms with Crippen LogP contribution in [0.2, 0.25) is 0 Å². The Kier molecular flexibility index (Phi) is 7.54. The number of phenolic OH excluding ortho intramolecular Hbond substituents is 7. The number of phenols is 7. The number of fused-ring (bicyclic) bond motifs is 2. The van der Waals surface area contributed by atoms with Crippen LogP contribution in [0, 0.1) is 20.8 Å². The number of aromatic hydroxyl groups is 9. The van der Waals surface area contributed by atoms with E-state index in [0.29, 0.717) is 16.7 Å². The Morgan fingerprint density at radius 3 is 1.30 bits per heavy atom. The van der Waals surface area contributed by atoms with Gasteiger partial charge in [0.25, 0.3) is 0 Å². The number of benzene rings is 4. The Labute approximate surface area is 257 Å². The van der Waals surface area contributed by atoms with Gasteiger partial charge in [0, 0.05) is 23.3 Å². The first-order valence-electron chi connectivity index (χ1n) is 13.4. The summed E-state index contributed by atoms with van der Waals surface area (Å²) in [5, 5.41) is 87.5. The Bertz CT molecular complexity index is 2120. The molecule has 0 aliphatic carbocycles. The quantitative estimate of drug-likeness (QED) is 0.112. The van der Waals surface area contributed by atoms with Gasteiger partial charge in [0.15, 0.2) is 34.5 Å². The van der Waals surface area contributed by atoms with Gasteiger partial charge in [-0.15, -0.1) is 0 Å². The van der Waals surface area contributed by atoms with Crippen LogP contribution in [0.1, 0.15) is 16.7 Å². The molecule has 13 heteroatoms. The maximum absolute atomic E-state index is 12.3. The molecular weight excluding hydrogens is 604 g/mol. The fourth-order valence-electron chi connectivity index (χ4n) is 4.87. The van der Waals surface area contributed by atoms with E-state index in [0.717, 1.165) is 18.2 Å². The maximum Gasteiger partial charge on any atom is 0.238 e. The molecule has 0 spiro atoms. The standard InChI is InChI=1S/C17H14O6.C16H12O7/c1-7-3-10(18)13-12(4-7)23-17(16(22)15(13)21)9-5-8(2)14(20)11(19)6-9;1-6-2-7(3-10(19)13(6)20)16-15(22)14(21)12-9(18)4-8(17)5-11(12)23-16/h3-6,18-20,22H,1-2H3;2-5,17-20,22H,1H3. The Balaban J connectivity index is 0.000000181. The number of rotatable bonds is 2. The average Bonchev–Trinajstić information content (AvgIpc) is 2.97. The second-order valence-electron chi connectivity index (χ2n) is 10.5. The summed E-state index contributed by atoms with van der Waals surface area (Å²) in [5.74, 6) is -4.42. The lowest BCUT2D eigenvalue weighted by atomic mass is 10.0. The zero-order chi connectivity index (χ0) is 33.8. The molecular formula is C33H26O13. The van der Waals surface area contributed by atoms with Crippen molar-refractivity contribution in [2.75, 3.05) is 0 Å². The first kappa shape index (κ1) is 30.9. The van der Waals surface area contributed by atoms with Gasteiger partial charge >= 0.3 is 0 Å². The third-order valence-corrected chi connectivity index (χ3v) is 7.12. The fraction of sp³-hybridized carbons (Fsp3) is 0.0909. The third-order valence-electron chi connectivity index (χ3n) is 7.12. The van der Waals surface area contributed by atoms with Gasteiger partial charge in [-0.25, -0.2) is 0 Å². The molecule has 2 heterocycles. The molecule has 0 aliphatic heterocycles. The molecule has 4 aromatic carbocycles. The average molecular weight is 631 g/mol. The van der Waals surface area contributed by atoms with Crippen LogP contribution in [0.5, 0.6) is 51.7 Å². The largest absolute Gasteiger partial charge is 0.508 e.